The van der Waals surface area contributed by atoms with Crippen molar-refractivity contribution in [3.8, 4) is 0 Å². The summed E-state index contributed by atoms with van der Waals surface area (Å²) in [4.78, 5) is 0. The molecule has 0 aliphatic heterocycles. The lowest BCUT2D eigenvalue weighted by atomic mass is 9.95. The van der Waals surface area contributed by atoms with Crippen LogP contribution in [0.25, 0.3) is 0 Å². The van der Waals surface area contributed by atoms with Crippen LogP contribution < -0.4 is 5.73 Å². The third kappa shape index (κ3) is 3.58. The monoisotopic (exact) mass is 273 g/mol. The largest absolute Gasteiger partial charge is 0.330 e. The molecule has 0 heterocycles. The van der Waals surface area contributed by atoms with Crippen molar-refractivity contribution in [3.05, 3.63) is 34.1 Å². The molecule has 0 radical (unpaired) electrons. The number of halogens is 2. The highest BCUT2D eigenvalue weighted by atomic mass is 79.9. The molecule has 0 aliphatic carbocycles. The zero-order valence-corrected chi connectivity index (χ0v) is 10.6. The smallest absolute Gasteiger partial charge is 0.137 e. The topological polar surface area (TPSA) is 26.0 Å². The molecule has 2 N–H and O–H groups in total. The highest BCUT2D eigenvalue weighted by molar-refractivity contribution is 9.10. The van der Waals surface area contributed by atoms with E-state index in [4.69, 9.17) is 5.73 Å². The van der Waals surface area contributed by atoms with Gasteiger partial charge in [-0.15, -0.1) is 0 Å². The van der Waals surface area contributed by atoms with E-state index in [-0.39, 0.29) is 5.82 Å². The second kappa shape index (κ2) is 6.23. The van der Waals surface area contributed by atoms with Crippen molar-refractivity contribution in [1.82, 2.24) is 0 Å². The molecule has 1 atom stereocenters. The Morgan fingerprint density at radius 2 is 2.20 bits per heavy atom. The number of nitrogens with two attached hydrogens (primary N) is 1. The average molecular weight is 274 g/mol. The van der Waals surface area contributed by atoms with Crippen LogP contribution in [0.5, 0.6) is 0 Å². The van der Waals surface area contributed by atoms with Crippen molar-refractivity contribution in [3.63, 3.8) is 0 Å². The minimum absolute atomic E-state index is 0.195. The molecule has 0 bridgehead atoms. The third-order valence-corrected chi connectivity index (χ3v) is 3.46. The second-order valence-electron chi connectivity index (χ2n) is 3.81. The standard InChI is InChI=1S/C12H17BrFN/c1-2-4-9(8-15)7-10-5-3-6-11(14)12(10)13/h3,5-6,9H,2,4,7-8,15H2,1H3. The molecule has 84 valence electrons. The fourth-order valence-corrected chi connectivity index (χ4v) is 2.15. The first-order valence-corrected chi connectivity index (χ1v) is 6.11. The van der Waals surface area contributed by atoms with Gasteiger partial charge in [0.2, 0.25) is 0 Å². The van der Waals surface area contributed by atoms with Crippen molar-refractivity contribution in [1.29, 1.82) is 0 Å². The van der Waals surface area contributed by atoms with Gasteiger partial charge in [0.1, 0.15) is 5.82 Å². The normalized spacial score (nSPS) is 12.8. The summed E-state index contributed by atoms with van der Waals surface area (Å²) in [6, 6.07) is 5.16. The minimum Gasteiger partial charge on any atom is -0.330 e. The lowest BCUT2D eigenvalue weighted by Crippen LogP contribution is -2.17. The molecular weight excluding hydrogens is 257 g/mol. The van der Waals surface area contributed by atoms with E-state index in [1.165, 1.54) is 6.07 Å². The molecule has 0 saturated carbocycles. The molecule has 0 amide bonds. The third-order valence-electron chi connectivity index (χ3n) is 2.57. The van der Waals surface area contributed by atoms with Crippen molar-refractivity contribution in [2.24, 2.45) is 11.7 Å². The summed E-state index contributed by atoms with van der Waals surface area (Å²) in [6.45, 7) is 2.81. The summed E-state index contributed by atoms with van der Waals surface area (Å²) in [5.74, 6) is 0.257. The van der Waals surface area contributed by atoms with Gasteiger partial charge in [-0.2, -0.15) is 0 Å². The second-order valence-corrected chi connectivity index (χ2v) is 4.60. The van der Waals surface area contributed by atoms with E-state index in [0.717, 1.165) is 24.8 Å². The molecule has 1 nitrogen and oxygen atoms in total. The first kappa shape index (κ1) is 12.7. The van der Waals surface area contributed by atoms with Crippen LogP contribution in [0.2, 0.25) is 0 Å². The molecule has 3 heteroatoms. The fourth-order valence-electron chi connectivity index (χ4n) is 1.73. The summed E-state index contributed by atoms with van der Waals surface area (Å²) in [7, 11) is 0. The van der Waals surface area contributed by atoms with Crippen molar-refractivity contribution in [2.45, 2.75) is 26.2 Å². The number of hydrogen-bond acceptors (Lipinski definition) is 1. The SMILES string of the molecule is CCCC(CN)Cc1cccc(F)c1Br. The van der Waals surface area contributed by atoms with Crippen LogP contribution in [-0.2, 0) is 6.42 Å². The molecule has 1 aromatic carbocycles. The number of hydrogen-bond donors (Lipinski definition) is 1. The first-order chi connectivity index (χ1) is 7.19. The van der Waals surface area contributed by atoms with Crippen LogP contribution in [0, 0.1) is 11.7 Å². The predicted octanol–water partition coefficient (Wildman–Crippen LogP) is 3.51. The zero-order valence-electron chi connectivity index (χ0n) is 8.97. The van der Waals surface area contributed by atoms with Gasteiger partial charge >= 0.3 is 0 Å². The van der Waals surface area contributed by atoms with Crippen LogP contribution >= 0.6 is 15.9 Å². The van der Waals surface area contributed by atoms with Crippen LogP contribution in [0.4, 0.5) is 4.39 Å². The van der Waals surface area contributed by atoms with Gasteiger partial charge in [-0.25, -0.2) is 4.39 Å². The summed E-state index contributed by atoms with van der Waals surface area (Å²) < 4.78 is 13.8. The minimum atomic E-state index is -0.195. The van der Waals surface area contributed by atoms with E-state index < -0.39 is 0 Å². The van der Waals surface area contributed by atoms with Gasteiger partial charge in [-0.05, 0) is 52.9 Å². The Balaban J connectivity index is 2.74. The molecule has 0 saturated heterocycles. The van der Waals surface area contributed by atoms with E-state index in [1.54, 1.807) is 6.07 Å². The quantitative estimate of drug-likeness (QED) is 0.873. The molecule has 1 rings (SSSR count). The zero-order chi connectivity index (χ0) is 11.3. The molecule has 1 unspecified atom stereocenters. The Kier molecular flexibility index (Phi) is 5.26. The van der Waals surface area contributed by atoms with Gasteiger partial charge in [-0.1, -0.05) is 25.5 Å². The molecule has 0 spiro atoms. The maximum absolute atomic E-state index is 13.2. The highest BCUT2D eigenvalue weighted by Crippen LogP contribution is 2.24. The maximum atomic E-state index is 13.2. The molecule has 0 aliphatic rings. The summed E-state index contributed by atoms with van der Waals surface area (Å²) >= 11 is 3.27. The fraction of sp³-hybridized carbons (Fsp3) is 0.500. The van der Waals surface area contributed by atoms with Gasteiger partial charge in [-0.3, -0.25) is 0 Å². The summed E-state index contributed by atoms with van der Waals surface area (Å²) in [5, 5.41) is 0. The molecule has 0 aromatic heterocycles. The molecule has 0 fully saturated rings. The van der Waals surface area contributed by atoms with E-state index in [2.05, 4.69) is 22.9 Å². The van der Waals surface area contributed by atoms with E-state index in [9.17, 15) is 4.39 Å². The predicted molar refractivity (Wildman–Crippen MR) is 65.3 cm³/mol. The van der Waals surface area contributed by atoms with Gasteiger partial charge in [0.25, 0.3) is 0 Å². The Bertz CT molecular complexity index is 314. The average Bonchev–Trinajstić information content (AvgIpc) is 2.24. The Hall–Kier alpha value is -0.410. The molecular formula is C12H17BrFN. The van der Waals surface area contributed by atoms with Crippen LogP contribution in [0.1, 0.15) is 25.3 Å². The Morgan fingerprint density at radius 3 is 2.80 bits per heavy atom. The van der Waals surface area contributed by atoms with Crippen LogP contribution in [0.15, 0.2) is 22.7 Å². The van der Waals surface area contributed by atoms with E-state index >= 15 is 0 Å². The van der Waals surface area contributed by atoms with Gasteiger partial charge in [0, 0.05) is 0 Å². The summed E-state index contributed by atoms with van der Waals surface area (Å²) in [5.41, 5.74) is 6.70. The van der Waals surface area contributed by atoms with E-state index in [0.29, 0.717) is 16.9 Å². The van der Waals surface area contributed by atoms with Gasteiger partial charge in [0.15, 0.2) is 0 Å². The van der Waals surface area contributed by atoms with Crippen LogP contribution in [0.3, 0.4) is 0 Å². The van der Waals surface area contributed by atoms with Crippen LogP contribution in [-0.4, -0.2) is 6.54 Å². The first-order valence-electron chi connectivity index (χ1n) is 5.32. The van der Waals surface area contributed by atoms with E-state index in [1.807, 2.05) is 6.07 Å². The van der Waals surface area contributed by atoms with Gasteiger partial charge in [0.05, 0.1) is 4.47 Å². The van der Waals surface area contributed by atoms with Crippen molar-refractivity contribution in [2.75, 3.05) is 6.54 Å². The Labute approximate surface area is 99.0 Å². The number of rotatable bonds is 5. The maximum Gasteiger partial charge on any atom is 0.137 e. The van der Waals surface area contributed by atoms with Crippen molar-refractivity contribution < 1.29 is 4.39 Å². The molecule has 1 aromatic rings. The molecule has 15 heavy (non-hydrogen) atoms. The Morgan fingerprint density at radius 1 is 1.47 bits per heavy atom. The van der Waals surface area contributed by atoms with Crippen molar-refractivity contribution >= 4 is 15.9 Å². The lowest BCUT2D eigenvalue weighted by Gasteiger charge is -2.14. The highest BCUT2D eigenvalue weighted by Gasteiger charge is 2.11. The van der Waals surface area contributed by atoms with Gasteiger partial charge < -0.3 is 5.73 Å². The number of benzene rings is 1. The summed E-state index contributed by atoms with van der Waals surface area (Å²) in [6.07, 6.45) is 3.07. The lowest BCUT2D eigenvalue weighted by molar-refractivity contribution is 0.485.